The molecule has 3 aromatic rings. The number of carbonyl (C=O) groups is 1. The van der Waals surface area contributed by atoms with E-state index >= 15 is 0 Å². The molecule has 1 aromatic heterocycles. The Bertz CT molecular complexity index is 1000. The number of hydrogen-bond acceptors (Lipinski definition) is 3. The van der Waals surface area contributed by atoms with E-state index in [0.717, 1.165) is 0 Å². The Kier molecular flexibility index (Phi) is 3.81. The number of anilines is 1. The number of amides is 1. The van der Waals surface area contributed by atoms with Crippen LogP contribution in [0.2, 0.25) is 0 Å². The van der Waals surface area contributed by atoms with Gasteiger partial charge in [-0.1, -0.05) is 48.5 Å². The zero-order chi connectivity index (χ0) is 19.2. The third-order valence-corrected chi connectivity index (χ3v) is 4.49. The van der Waals surface area contributed by atoms with Gasteiger partial charge in [0.1, 0.15) is 11.5 Å². The van der Waals surface area contributed by atoms with Crippen molar-refractivity contribution >= 4 is 11.7 Å². The van der Waals surface area contributed by atoms with Crippen LogP contribution >= 0.6 is 0 Å². The lowest BCUT2D eigenvalue weighted by Crippen LogP contribution is -2.48. The van der Waals surface area contributed by atoms with Crippen LogP contribution in [0.15, 0.2) is 60.7 Å². The fourth-order valence-electron chi connectivity index (χ4n) is 3.22. The summed E-state index contributed by atoms with van der Waals surface area (Å²) in [6.07, 6.45) is -6.17. The van der Waals surface area contributed by atoms with Gasteiger partial charge in [-0.2, -0.15) is 18.3 Å². The van der Waals surface area contributed by atoms with E-state index in [1.54, 1.807) is 60.7 Å². The molecule has 5 nitrogen and oxygen atoms in total. The highest BCUT2D eigenvalue weighted by atomic mass is 19.4. The lowest BCUT2D eigenvalue weighted by molar-refractivity contribution is -0.267. The molecule has 1 aliphatic rings. The maximum absolute atomic E-state index is 13.8. The molecule has 0 saturated heterocycles. The zero-order valence-electron chi connectivity index (χ0n) is 13.9. The first kappa shape index (κ1) is 17.3. The molecule has 8 heteroatoms. The molecule has 0 aliphatic carbocycles. The van der Waals surface area contributed by atoms with Crippen molar-refractivity contribution in [1.82, 2.24) is 9.78 Å². The van der Waals surface area contributed by atoms with Crippen LogP contribution in [0.4, 0.5) is 19.0 Å². The van der Waals surface area contributed by atoms with Crippen LogP contribution in [0.5, 0.6) is 0 Å². The Hall–Kier alpha value is -3.13. The van der Waals surface area contributed by atoms with Gasteiger partial charge in [0.2, 0.25) is 5.91 Å². The van der Waals surface area contributed by atoms with Crippen molar-refractivity contribution in [1.29, 1.82) is 0 Å². The van der Waals surface area contributed by atoms with Crippen LogP contribution in [-0.2, 0) is 10.4 Å². The molecular weight excluding hydrogens is 359 g/mol. The predicted octanol–water partition coefficient (Wildman–Crippen LogP) is 3.63. The summed E-state index contributed by atoms with van der Waals surface area (Å²) >= 11 is 0. The fourth-order valence-corrected chi connectivity index (χ4v) is 3.22. The van der Waals surface area contributed by atoms with E-state index in [1.807, 2.05) is 0 Å². The average Bonchev–Trinajstić information content (AvgIpc) is 3.02. The molecule has 0 bridgehead atoms. The highest BCUT2D eigenvalue weighted by Gasteiger charge is 2.61. The number of para-hydroxylation sites is 1. The van der Waals surface area contributed by atoms with Crippen molar-refractivity contribution in [2.45, 2.75) is 18.2 Å². The molecule has 0 saturated carbocycles. The minimum Gasteiger partial charge on any atom is -0.376 e. The summed E-state index contributed by atoms with van der Waals surface area (Å²) in [6.45, 7) is 0. The molecule has 4 rings (SSSR count). The number of hydrogen-bond donors (Lipinski definition) is 2. The largest absolute Gasteiger partial charge is 0.422 e. The van der Waals surface area contributed by atoms with Crippen LogP contribution in [-0.4, -0.2) is 27.0 Å². The number of benzene rings is 2. The molecule has 1 aliphatic heterocycles. The number of halogens is 3. The van der Waals surface area contributed by atoms with Crippen LogP contribution in [0.3, 0.4) is 0 Å². The lowest BCUT2D eigenvalue weighted by Gasteiger charge is -2.34. The molecule has 2 N–H and O–H groups in total. The minimum atomic E-state index is -5.05. The molecule has 0 fully saturated rings. The SMILES string of the molecule is O=C1CC(O)(C(F)(F)F)c2c(-c3ccccc3)nn(-c3ccccc3)c2N1. The number of carbonyl (C=O) groups excluding carboxylic acids is 1. The van der Waals surface area contributed by atoms with E-state index in [0.29, 0.717) is 11.3 Å². The standard InChI is InChI=1S/C19H14F3N3O2/c20-19(21,22)18(27)11-14(26)23-17-15(18)16(12-7-3-1-4-8-12)24-25(17)13-9-5-2-6-10-13/h1-10,27H,11H2,(H,23,26). The minimum absolute atomic E-state index is 0.0331. The van der Waals surface area contributed by atoms with Gasteiger partial charge in [-0.3, -0.25) is 4.79 Å². The Morgan fingerprint density at radius 3 is 2.22 bits per heavy atom. The maximum atomic E-state index is 13.8. The van der Waals surface area contributed by atoms with Gasteiger partial charge < -0.3 is 10.4 Å². The number of fused-ring (bicyclic) bond motifs is 1. The zero-order valence-corrected chi connectivity index (χ0v) is 13.9. The highest BCUT2D eigenvalue weighted by Crippen LogP contribution is 2.50. The van der Waals surface area contributed by atoms with Crippen molar-refractivity contribution in [3.8, 4) is 16.9 Å². The predicted molar refractivity (Wildman–Crippen MR) is 92.2 cm³/mol. The van der Waals surface area contributed by atoms with Gasteiger partial charge in [0.25, 0.3) is 0 Å². The summed E-state index contributed by atoms with van der Waals surface area (Å²) in [7, 11) is 0. The second kappa shape index (κ2) is 5.95. The van der Waals surface area contributed by atoms with Gasteiger partial charge in [0.05, 0.1) is 17.7 Å². The third kappa shape index (κ3) is 2.69. The number of aromatic nitrogens is 2. The summed E-state index contributed by atoms with van der Waals surface area (Å²) in [5, 5.41) is 17.4. The first-order valence-electron chi connectivity index (χ1n) is 8.14. The van der Waals surface area contributed by atoms with Crippen molar-refractivity contribution in [2.24, 2.45) is 0 Å². The van der Waals surface area contributed by atoms with Crippen LogP contribution < -0.4 is 5.32 Å². The average molecular weight is 373 g/mol. The quantitative estimate of drug-likeness (QED) is 0.721. The second-order valence-corrected chi connectivity index (χ2v) is 6.27. The first-order valence-corrected chi connectivity index (χ1v) is 8.14. The summed E-state index contributed by atoms with van der Waals surface area (Å²) in [4.78, 5) is 12.0. The van der Waals surface area contributed by atoms with Crippen LogP contribution in [0, 0.1) is 0 Å². The van der Waals surface area contributed by atoms with Gasteiger partial charge in [0, 0.05) is 5.56 Å². The molecule has 2 aromatic carbocycles. The molecule has 1 unspecified atom stereocenters. The summed E-state index contributed by atoms with van der Waals surface area (Å²) in [6, 6.07) is 16.7. The molecular formula is C19H14F3N3O2. The number of nitrogens with one attached hydrogen (secondary N) is 1. The van der Waals surface area contributed by atoms with E-state index in [4.69, 9.17) is 0 Å². The molecule has 138 valence electrons. The molecule has 0 spiro atoms. The monoisotopic (exact) mass is 373 g/mol. The number of alkyl halides is 3. The first-order chi connectivity index (χ1) is 12.8. The Balaban J connectivity index is 2.06. The summed E-state index contributed by atoms with van der Waals surface area (Å²) in [5.41, 5.74) is -2.95. The van der Waals surface area contributed by atoms with E-state index in [9.17, 15) is 23.1 Å². The third-order valence-electron chi connectivity index (χ3n) is 4.49. The highest BCUT2D eigenvalue weighted by molar-refractivity contribution is 5.96. The summed E-state index contributed by atoms with van der Waals surface area (Å²) in [5.74, 6) is -1.12. The van der Waals surface area contributed by atoms with Crippen molar-refractivity contribution < 1.29 is 23.1 Å². The van der Waals surface area contributed by atoms with Gasteiger partial charge >= 0.3 is 6.18 Å². The van der Waals surface area contributed by atoms with Crippen LogP contribution in [0.25, 0.3) is 16.9 Å². The van der Waals surface area contributed by atoms with Crippen molar-refractivity contribution in [3.05, 3.63) is 66.2 Å². The van der Waals surface area contributed by atoms with Gasteiger partial charge in [0.15, 0.2) is 5.60 Å². The molecule has 2 heterocycles. The second-order valence-electron chi connectivity index (χ2n) is 6.27. The maximum Gasteiger partial charge on any atom is 0.422 e. The summed E-state index contributed by atoms with van der Waals surface area (Å²) < 4.78 is 42.7. The topological polar surface area (TPSA) is 67.1 Å². The Morgan fingerprint density at radius 1 is 1.04 bits per heavy atom. The van der Waals surface area contributed by atoms with E-state index in [1.165, 1.54) is 4.68 Å². The smallest absolute Gasteiger partial charge is 0.376 e. The molecule has 0 radical (unpaired) electrons. The lowest BCUT2D eigenvalue weighted by atomic mass is 9.84. The van der Waals surface area contributed by atoms with E-state index in [-0.39, 0.29) is 11.5 Å². The van der Waals surface area contributed by atoms with Crippen molar-refractivity contribution in [3.63, 3.8) is 0 Å². The number of aliphatic hydroxyl groups is 1. The van der Waals surface area contributed by atoms with Crippen LogP contribution in [0.1, 0.15) is 12.0 Å². The normalized spacial score (nSPS) is 19.5. The van der Waals surface area contributed by atoms with Crippen molar-refractivity contribution in [2.75, 3.05) is 5.32 Å². The van der Waals surface area contributed by atoms with Gasteiger partial charge in [-0.05, 0) is 12.1 Å². The van der Waals surface area contributed by atoms with E-state index < -0.39 is 29.7 Å². The molecule has 1 amide bonds. The Labute approximate surface area is 152 Å². The fraction of sp³-hybridized carbons (Fsp3) is 0.158. The Morgan fingerprint density at radius 2 is 1.63 bits per heavy atom. The van der Waals surface area contributed by atoms with Gasteiger partial charge in [-0.25, -0.2) is 4.68 Å². The van der Waals surface area contributed by atoms with E-state index in [2.05, 4.69) is 10.4 Å². The number of nitrogens with zero attached hydrogens (tertiary/aromatic N) is 2. The molecule has 1 atom stereocenters. The van der Waals surface area contributed by atoms with Gasteiger partial charge in [-0.15, -0.1) is 0 Å². The number of rotatable bonds is 2. The molecule has 27 heavy (non-hydrogen) atoms.